The van der Waals surface area contributed by atoms with Crippen LogP contribution in [0.2, 0.25) is 0 Å². The monoisotopic (exact) mass is 450 g/mol. The second kappa shape index (κ2) is 6.82. The van der Waals surface area contributed by atoms with E-state index in [9.17, 15) is 4.79 Å². The maximum atomic E-state index is 13.6. The molecule has 0 saturated heterocycles. The van der Waals surface area contributed by atoms with Crippen LogP contribution in [0.4, 0.5) is 4.79 Å². The first-order chi connectivity index (χ1) is 15.7. The molecule has 6 atom stereocenters. The van der Waals surface area contributed by atoms with E-state index in [0.717, 1.165) is 36.0 Å². The van der Waals surface area contributed by atoms with Gasteiger partial charge in [-0.2, -0.15) is 0 Å². The van der Waals surface area contributed by atoms with E-state index >= 15 is 0 Å². The van der Waals surface area contributed by atoms with E-state index in [4.69, 9.17) is 0 Å². The van der Waals surface area contributed by atoms with Crippen LogP contribution in [0, 0.1) is 46.3 Å². The van der Waals surface area contributed by atoms with Crippen LogP contribution in [-0.2, 0) is 0 Å². The van der Waals surface area contributed by atoms with Crippen LogP contribution in [0.1, 0.15) is 110 Å². The molecule has 0 aliphatic heterocycles. The highest BCUT2D eigenvalue weighted by Crippen LogP contribution is 2.71. The van der Waals surface area contributed by atoms with Gasteiger partial charge in [-0.05, 0) is 143 Å². The largest absolute Gasteiger partial charge is 0.333 e. The van der Waals surface area contributed by atoms with Crippen molar-refractivity contribution >= 4 is 6.03 Å². The highest BCUT2D eigenvalue weighted by Gasteiger charge is 2.64. The van der Waals surface area contributed by atoms with Gasteiger partial charge in [0, 0.05) is 11.1 Å². The third-order valence-corrected chi connectivity index (χ3v) is 12.9. The van der Waals surface area contributed by atoms with Crippen LogP contribution in [0.3, 0.4) is 0 Å². The zero-order valence-electron chi connectivity index (χ0n) is 21.2. The summed E-state index contributed by atoms with van der Waals surface area (Å²) in [6, 6.07) is 0.155. The van der Waals surface area contributed by atoms with Gasteiger partial charge in [0.2, 0.25) is 0 Å². The third-order valence-electron chi connectivity index (χ3n) is 12.9. The molecule has 0 aromatic carbocycles. The number of hydrogen-bond donors (Lipinski definition) is 2. The number of hydrogen-bond acceptors (Lipinski definition) is 1. The van der Waals surface area contributed by atoms with Crippen molar-refractivity contribution in [3.8, 4) is 0 Å². The summed E-state index contributed by atoms with van der Waals surface area (Å²) in [4.78, 5) is 13.6. The normalized spacial score (nSPS) is 56.2. The van der Waals surface area contributed by atoms with Gasteiger partial charge in [-0.1, -0.05) is 25.5 Å². The van der Waals surface area contributed by atoms with Crippen LogP contribution in [0.5, 0.6) is 0 Å². The summed E-state index contributed by atoms with van der Waals surface area (Å²) >= 11 is 0. The minimum atomic E-state index is -0.0621. The van der Waals surface area contributed by atoms with Crippen molar-refractivity contribution in [2.24, 2.45) is 46.3 Å². The van der Waals surface area contributed by atoms with Gasteiger partial charge in [-0.25, -0.2) is 4.79 Å². The van der Waals surface area contributed by atoms with Gasteiger partial charge in [0.25, 0.3) is 0 Å². The third kappa shape index (κ3) is 3.02. The molecule has 0 unspecified atom stereocenters. The minimum absolute atomic E-state index is 0.0621. The molecule has 8 fully saturated rings. The molecule has 0 aromatic rings. The van der Waals surface area contributed by atoms with Gasteiger partial charge in [-0.3, -0.25) is 0 Å². The second-order valence-corrected chi connectivity index (χ2v) is 14.9. The average molecular weight is 451 g/mol. The zero-order chi connectivity index (χ0) is 22.6. The molecule has 8 rings (SSSR count). The summed E-state index contributed by atoms with van der Waals surface area (Å²) in [5.41, 5.74) is 2.51. The first-order valence-electron chi connectivity index (χ1n) is 14.5. The predicted octanol–water partition coefficient (Wildman–Crippen LogP) is 6.98. The van der Waals surface area contributed by atoms with E-state index in [1.54, 1.807) is 5.57 Å². The molecule has 6 bridgehead atoms. The number of amides is 2. The molecule has 8 aliphatic rings. The molecule has 0 radical (unpaired) electrons. The van der Waals surface area contributed by atoms with Crippen molar-refractivity contribution in [2.45, 2.75) is 121 Å². The highest BCUT2D eigenvalue weighted by molar-refractivity contribution is 5.76. The fourth-order valence-corrected chi connectivity index (χ4v) is 12.3. The number of urea groups is 1. The Bertz CT molecular complexity index is 843. The second-order valence-electron chi connectivity index (χ2n) is 14.9. The lowest BCUT2D eigenvalue weighted by molar-refractivity contribution is -0.131. The average Bonchev–Trinajstić information content (AvgIpc) is 2.94. The molecular formula is C30H46N2O. The van der Waals surface area contributed by atoms with Crippen molar-refractivity contribution in [2.75, 3.05) is 0 Å². The first-order valence-corrected chi connectivity index (χ1v) is 14.5. The van der Waals surface area contributed by atoms with E-state index in [1.165, 1.54) is 89.9 Å². The Balaban J connectivity index is 1.11. The summed E-state index contributed by atoms with van der Waals surface area (Å²) in [5.74, 6) is 4.86. The Labute approximate surface area is 201 Å². The molecule has 1 spiro atoms. The van der Waals surface area contributed by atoms with Crippen molar-refractivity contribution < 1.29 is 4.79 Å². The molecule has 3 nitrogen and oxygen atoms in total. The molecular weight excluding hydrogens is 404 g/mol. The van der Waals surface area contributed by atoms with E-state index in [1.807, 2.05) is 0 Å². The van der Waals surface area contributed by atoms with E-state index in [0.29, 0.717) is 16.7 Å². The van der Waals surface area contributed by atoms with Crippen LogP contribution in [-0.4, -0.2) is 17.1 Å². The molecule has 182 valence electrons. The maximum Gasteiger partial charge on any atom is 0.315 e. The summed E-state index contributed by atoms with van der Waals surface area (Å²) in [6.45, 7) is 9.53. The van der Waals surface area contributed by atoms with Gasteiger partial charge in [0.1, 0.15) is 0 Å². The predicted molar refractivity (Wildman–Crippen MR) is 133 cm³/mol. The standard InChI is InChI=1S/C30H46N2O/c1-19-14-29-10-7-24-27(2,25(29)6-5-23(19)18-29)8-4-9-28(24,3)31-26(33)32-30-15-20-11-21(16-30)13-22(12-20)17-30/h20-25H,1,4-18H2,2-3H3,(H2,31,32,33)/t20?,21?,22?,23-,24+,25+,27-,28-,29-,30?/m1/s1. The van der Waals surface area contributed by atoms with Crippen LogP contribution in [0.25, 0.3) is 0 Å². The minimum Gasteiger partial charge on any atom is -0.333 e. The Morgan fingerprint density at radius 2 is 1.55 bits per heavy atom. The fourth-order valence-electron chi connectivity index (χ4n) is 12.3. The lowest BCUT2D eigenvalue weighted by Crippen LogP contribution is -2.67. The summed E-state index contributed by atoms with van der Waals surface area (Å²) in [7, 11) is 0. The fraction of sp³-hybridized carbons (Fsp3) is 0.900. The molecule has 2 N–H and O–H groups in total. The number of carbonyl (C=O) groups excluding carboxylic acids is 1. The number of fused-ring (bicyclic) bond motifs is 3. The molecule has 8 aliphatic carbocycles. The molecule has 0 heterocycles. The number of nitrogens with one attached hydrogen (secondary N) is 2. The van der Waals surface area contributed by atoms with Gasteiger partial charge in [-0.15, -0.1) is 0 Å². The van der Waals surface area contributed by atoms with Crippen LogP contribution in [0.15, 0.2) is 12.2 Å². The lowest BCUT2D eigenvalue weighted by Gasteiger charge is -2.64. The van der Waals surface area contributed by atoms with Crippen molar-refractivity contribution in [1.29, 1.82) is 0 Å². The molecule has 3 heteroatoms. The van der Waals surface area contributed by atoms with Gasteiger partial charge in [0.15, 0.2) is 0 Å². The number of allylic oxidation sites excluding steroid dienone is 1. The quantitative estimate of drug-likeness (QED) is 0.438. The maximum absolute atomic E-state index is 13.6. The van der Waals surface area contributed by atoms with Crippen molar-refractivity contribution in [1.82, 2.24) is 10.6 Å². The Morgan fingerprint density at radius 3 is 2.24 bits per heavy atom. The summed E-state index contributed by atoms with van der Waals surface area (Å²) < 4.78 is 0. The molecule has 0 aromatic heterocycles. The number of rotatable bonds is 2. The molecule has 33 heavy (non-hydrogen) atoms. The summed E-state index contributed by atoms with van der Waals surface area (Å²) in [5, 5.41) is 7.30. The first kappa shape index (κ1) is 21.3. The summed E-state index contributed by atoms with van der Waals surface area (Å²) in [6.07, 6.45) is 19.9. The molecule has 8 saturated carbocycles. The van der Waals surface area contributed by atoms with Gasteiger partial charge < -0.3 is 10.6 Å². The highest BCUT2D eigenvalue weighted by atomic mass is 16.2. The topological polar surface area (TPSA) is 41.1 Å². The van der Waals surface area contributed by atoms with Crippen molar-refractivity contribution in [3.05, 3.63) is 12.2 Å². The smallest absolute Gasteiger partial charge is 0.315 e. The lowest BCUT2D eigenvalue weighted by atomic mass is 9.42. The van der Waals surface area contributed by atoms with Crippen molar-refractivity contribution in [3.63, 3.8) is 0 Å². The zero-order valence-corrected chi connectivity index (χ0v) is 21.2. The van der Waals surface area contributed by atoms with Gasteiger partial charge in [0.05, 0.1) is 0 Å². The Morgan fingerprint density at radius 1 is 0.848 bits per heavy atom. The Kier molecular flexibility index (Phi) is 4.40. The van der Waals surface area contributed by atoms with Crippen LogP contribution >= 0.6 is 0 Å². The van der Waals surface area contributed by atoms with Gasteiger partial charge >= 0.3 is 6.03 Å². The van der Waals surface area contributed by atoms with E-state index in [-0.39, 0.29) is 17.1 Å². The van der Waals surface area contributed by atoms with E-state index in [2.05, 4.69) is 31.1 Å². The van der Waals surface area contributed by atoms with E-state index < -0.39 is 0 Å². The Hall–Kier alpha value is -0.990. The molecule has 2 amide bonds. The number of carbonyl (C=O) groups is 1. The SMILES string of the molecule is C=C1C[C@@]23CC[C@H]4[C@@](C)(CCC[C@@]4(C)NC(=O)NC45CC6CC(CC(C6)C4)C5)[C@@H]2CC[C@@H]1C3. The van der Waals surface area contributed by atoms with Crippen LogP contribution < -0.4 is 10.6 Å².